The van der Waals surface area contributed by atoms with Crippen molar-refractivity contribution in [2.24, 2.45) is 11.8 Å². The Morgan fingerprint density at radius 1 is 0.700 bits per heavy atom. The molecule has 0 spiro atoms. The summed E-state index contributed by atoms with van der Waals surface area (Å²) in [5.74, 6) is -3.20. The van der Waals surface area contributed by atoms with Crippen LogP contribution >= 0.6 is 34.8 Å². The molecule has 0 radical (unpaired) electrons. The van der Waals surface area contributed by atoms with Crippen LogP contribution in [0.3, 0.4) is 0 Å². The molecule has 198 valence electrons. The predicted octanol–water partition coefficient (Wildman–Crippen LogP) is 6.79. The number of anilines is 1. The van der Waals surface area contributed by atoms with Crippen molar-refractivity contribution in [2.45, 2.75) is 16.4 Å². The molecular formula is C32H20Cl3NO4. The van der Waals surface area contributed by atoms with Crippen LogP contribution in [-0.2, 0) is 30.7 Å². The summed E-state index contributed by atoms with van der Waals surface area (Å²) in [6, 6.07) is 28.3. The molecule has 4 aromatic carbocycles. The Bertz CT molecular complexity index is 1610. The maximum atomic E-state index is 14.1. The fourth-order valence-corrected chi connectivity index (χ4v) is 7.80. The Kier molecular flexibility index (Phi) is 5.66. The fraction of sp³-hybridized carbons (Fsp3) is 0.156. The van der Waals surface area contributed by atoms with Crippen molar-refractivity contribution < 1.29 is 19.1 Å². The number of imide groups is 1. The van der Waals surface area contributed by atoms with E-state index in [1.807, 2.05) is 54.6 Å². The first kappa shape index (κ1) is 25.3. The van der Waals surface area contributed by atoms with Crippen LogP contribution < -0.4 is 4.90 Å². The van der Waals surface area contributed by atoms with Gasteiger partial charge < -0.3 is 4.74 Å². The summed E-state index contributed by atoms with van der Waals surface area (Å²) >= 11 is 21.1. The Balaban J connectivity index is 1.23. The van der Waals surface area contributed by atoms with Gasteiger partial charge in [-0.3, -0.25) is 9.59 Å². The number of ether oxygens (including phenoxy) is 1. The molecule has 4 aromatic rings. The fourth-order valence-electron chi connectivity index (χ4n) is 6.51. The molecule has 1 aliphatic heterocycles. The second-order valence-corrected chi connectivity index (χ2v) is 11.8. The second-order valence-electron chi connectivity index (χ2n) is 10.2. The van der Waals surface area contributed by atoms with Gasteiger partial charge in [0.15, 0.2) is 0 Å². The van der Waals surface area contributed by atoms with Gasteiger partial charge in [0.05, 0.1) is 23.1 Å². The number of carbonyl (C=O) groups excluding carboxylic acids is 3. The molecule has 1 heterocycles. The predicted molar refractivity (Wildman–Crippen MR) is 153 cm³/mol. The molecule has 2 atom stereocenters. The van der Waals surface area contributed by atoms with Gasteiger partial charge in [0, 0.05) is 10.6 Å². The first-order chi connectivity index (χ1) is 19.3. The van der Waals surface area contributed by atoms with Gasteiger partial charge in [-0.1, -0.05) is 78.3 Å². The highest BCUT2D eigenvalue weighted by Gasteiger charge is 2.73. The molecule has 2 bridgehead atoms. The van der Waals surface area contributed by atoms with Gasteiger partial charge in [-0.15, -0.1) is 23.2 Å². The minimum atomic E-state index is -1.25. The number of esters is 1. The van der Waals surface area contributed by atoms with Gasteiger partial charge in [-0.05, 0) is 52.6 Å². The molecule has 4 aliphatic rings. The third kappa shape index (κ3) is 3.26. The molecule has 0 N–H and O–H groups in total. The van der Waals surface area contributed by atoms with Crippen LogP contribution in [0.1, 0.15) is 38.2 Å². The van der Waals surface area contributed by atoms with Crippen molar-refractivity contribution in [3.8, 4) is 0 Å². The highest BCUT2D eigenvalue weighted by atomic mass is 35.5. The summed E-state index contributed by atoms with van der Waals surface area (Å²) in [6.07, 6.45) is 0. The van der Waals surface area contributed by atoms with E-state index in [0.717, 1.165) is 27.2 Å². The Labute approximate surface area is 245 Å². The number of carbonyl (C=O) groups is 3. The standard InChI is InChI=1S/C32H20Cl3NO4/c33-25-12-6-1-7-19(25)17-40-30(39)18-13-15-20(16-14-18)36-28(37)26-27(29(36)38)32(35)22-9-3-2-8-21(22)31(26,34)23-10-4-5-11-24(23)32/h1-16,26-27H,17H2/t26-,27+,31?,32?. The molecule has 3 aliphatic carbocycles. The number of amides is 2. The molecule has 0 saturated carbocycles. The van der Waals surface area contributed by atoms with Crippen LogP contribution in [0, 0.1) is 11.8 Å². The SMILES string of the molecule is O=C(OCc1ccccc1Cl)c1ccc(N2C(=O)[C@@H]3[C@H](C2=O)C2(Cl)c4ccccc4C3(Cl)c3ccccc32)cc1. The van der Waals surface area contributed by atoms with Gasteiger partial charge in [0.2, 0.25) is 11.8 Å². The molecule has 40 heavy (non-hydrogen) atoms. The van der Waals surface area contributed by atoms with Crippen molar-refractivity contribution in [3.05, 3.63) is 135 Å². The smallest absolute Gasteiger partial charge is 0.338 e. The number of hydrogen-bond acceptors (Lipinski definition) is 4. The zero-order valence-corrected chi connectivity index (χ0v) is 23.1. The topological polar surface area (TPSA) is 63.7 Å². The molecular weight excluding hydrogens is 569 g/mol. The first-order valence-corrected chi connectivity index (χ1v) is 13.9. The number of hydrogen-bond donors (Lipinski definition) is 0. The quantitative estimate of drug-likeness (QED) is 0.150. The average Bonchev–Trinajstić information content (AvgIpc) is 3.26. The maximum absolute atomic E-state index is 14.1. The van der Waals surface area contributed by atoms with Crippen LogP contribution in [0.25, 0.3) is 0 Å². The first-order valence-electron chi connectivity index (χ1n) is 12.7. The van der Waals surface area contributed by atoms with Crippen LogP contribution in [0.5, 0.6) is 0 Å². The van der Waals surface area contributed by atoms with E-state index in [1.165, 1.54) is 12.1 Å². The van der Waals surface area contributed by atoms with Gasteiger partial charge >= 0.3 is 5.97 Å². The average molecular weight is 589 g/mol. The van der Waals surface area contributed by atoms with Crippen molar-refractivity contribution in [1.82, 2.24) is 0 Å². The van der Waals surface area contributed by atoms with E-state index >= 15 is 0 Å². The van der Waals surface area contributed by atoms with E-state index in [0.29, 0.717) is 16.3 Å². The summed E-state index contributed by atoms with van der Waals surface area (Å²) < 4.78 is 5.41. The number of halogens is 3. The molecule has 5 nitrogen and oxygen atoms in total. The monoisotopic (exact) mass is 587 g/mol. The minimum Gasteiger partial charge on any atom is -0.457 e. The lowest BCUT2D eigenvalue weighted by atomic mass is 9.54. The van der Waals surface area contributed by atoms with Gasteiger partial charge in [-0.25, -0.2) is 9.69 Å². The Morgan fingerprint density at radius 3 is 1.62 bits per heavy atom. The molecule has 8 heteroatoms. The van der Waals surface area contributed by atoms with Crippen molar-refractivity contribution in [1.29, 1.82) is 0 Å². The Hall–Kier alpha value is -3.64. The summed E-state index contributed by atoms with van der Waals surface area (Å²) in [5.41, 5.74) is 4.26. The largest absolute Gasteiger partial charge is 0.457 e. The van der Waals surface area contributed by atoms with E-state index in [4.69, 9.17) is 39.5 Å². The number of rotatable bonds is 4. The van der Waals surface area contributed by atoms with E-state index in [2.05, 4.69) is 0 Å². The van der Waals surface area contributed by atoms with Crippen LogP contribution in [0.15, 0.2) is 97.1 Å². The molecule has 2 amide bonds. The maximum Gasteiger partial charge on any atom is 0.338 e. The Morgan fingerprint density at radius 2 is 1.15 bits per heavy atom. The summed E-state index contributed by atoms with van der Waals surface area (Å²) in [7, 11) is 0. The van der Waals surface area contributed by atoms with E-state index in [-0.39, 0.29) is 12.2 Å². The summed E-state index contributed by atoms with van der Waals surface area (Å²) in [4.78, 5) is 39.5. The van der Waals surface area contributed by atoms with E-state index in [1.54, 1.807) is 30.3 Å². The van der Waals surface area contributed by atoms with Crippen molar-refractivity contribution >= 4 is 58.3 Å². The lowest BCUT2D eigenvalue weighted by molar-refractivity contribution is -0.122. The third-order valence-corrected chi connectivity index (χ3v) is 9.92. The van der Waals surface area contributed by atoms with Crippen LogP contribution in [0.2, 0.25) is 5.02 Å². The van der Waals surface area contributed by atoms with Crippen LogP contribution in [0.4, 0.5) is 5.69 Å². The highest BCUT2D eigenvalue weighted by molar-refractivity contribution is 6.38. The molecule has 8 rings (SSSR count). The lowest BCUT2D eigenvalue weighted by Crippen LogP contribution is -2.57. The third-order valence-electron chi connectivity index (χ3n) is 8.26. The summed E-state index contributed by atoms with van der Waals surface area (Å²) in [5, 5.41) is 0.505. The van der Waals surface area contributed by atoms with Gasteiger partial charge in [0.1, 0.15) is 16.4 Å². The lowest BCUT2D eigenvalue weighted by Gasteiger charge is -2.54. The normalized spacial score (nSPS) is 25.8. The summed E-state index contributed by atoms with van der Waals surface area (Å²) in [6.45, 7) is 0.0173. The van der Waals surface area contributed by atoms with Gasteiger partial charge in [0.25, 0.3) is 0 Å². The zero-order valence-electron chi connectivity index (χ0n) is 20.8. The highest BCUT2D eigenvalue weighted by Crippen LogP contribution is 2.69. The van der Waals surface area contributed by atoms with Crippen molar-refractivity contribution in [2.75, 3.05) is 4.90 Å². The van der Waals surface area contributed by atoms with E-state index < -0.39 is 39.4 Å². The van der Waals surface area contributed by atoms with E-state index in [9.17, 15) is 14.4 Å². The number of benzene rings is 4. The minimum absolute atomic E-state index is 0.0173. The van der Waals surface area contributed by atoms with Gasteiger partial charge in [-0.2, -0.15) is 0 Å². The number of nitrogens with zero attached hydrogens (tertiary/aromatic N) is 1. The second kappa shape index (κ2) is 8.93. The molecule has 0 aromatic heterocycles. The zero-order chi connectivity index (χ0) is 27.8. The van der Waals surface area contributed by atoms with Crippen LogP contribution in [-0.4, -0.2) is 17.8 Å². The number of alkyl halides is 2. The van der Waals surface area contributed by atoms with Crippen molar-refractivity contribution in [3.63, 3.8) is 0 Å². The molecule has 1 fully saturated rings. The molecule has 0 unspecified atom stereocenters. The molecule has 1 saturated heterocycles.